The van der Waals surface area contributed by atoms with Gasteiger partial charge in [-0.25, -0.2) is 13.2 Å². The van der Waals surface area contributed by atoms with Gasteiger partial charge in [-0.3, -0.25) is 14.0 Å². The summed E-state index contributed by atoms with van der Waals surface area (Å²) in [5, 5.41) is 9.04. The van der Waals surface area contributed by atoms with Gasteiger partial charge in [0.1, 0.15) is 0 Å². The summed E-state index contributed by atoms with van der Waals surface area (Å²) in [6.07, 6.45) is 5.29. The Morgan fingerprint density at radius 2 is 1.90 bits per heavy atom. The van der Waals surface area contributed by atoms with E-state index in [9.17, 15) is 22.6 Å². The van der Waals surface area contributed by atoms with Crippen LogP contribution in [-0.4, -0.2) is 54.5 Å². The molecular weight excluding hydrogens is 461 g/mol. The quantitative estimate of drug-likeness (QED) is 0.203. The zero-order valence-corrected chi connectivity index (χ0v) is 19.8. The first kappa shape index (κ1) is 26.7. The number of carbonyl (C=O) groups is 2. The fourth-order valence-electron chi connectivity index (χ4n) is 2.42. The van der Waals surface area contributed by atoms with Crippen LogP contribution in [0, 0.1) is 23.7 Å². The number of terminal acetylenes is 1. The van der Waals surface area contributed by atoms with E-state index >= 15 is 0 Å². The number of esters is 1. The zero-order chi connectivity index (χ0) is 23.5. The second kappa shape index (κ2) is 12.5. The lowest BCUT2D eigenvalue weighted by molar-refractivity contribution is -0.156. The Bertz CT molecular complexity index is 1000. The molecule has 0 N–H and O–H groups in total. The fraction of sp³-hybridized carbons (Fsp3) is 0.421. The highest BCUT2D eigenvalue weighted by molar-refractivity contribution is 8.57. The van der Waals surface area contributed by atoms with Crippen LogP contribution in [0.25, 0.3) is 0 Å². The number of amides is 1. The number of carbonyl (C=O) groups excluding carboxylic acids is 2. The Labute approximate surface area is 187 Å². The molecule has 1 aromatic carbocycles. The lowest BCUT2D eigenvalue weighted by atomic mass is 10.4. The van der Waals surface area contributed by atoms with Gasteiger partial charge < -0.3 is 4.74 Å². The van der Waals surface area contributed by atoms with Crippen LogP contribution in [0.1, 0.15) is 26.7 Å². The average molecular weight is 486 g/mol. The minimum Gasteiger partial charge on any atom is -0.445 e. The standard InChI is InChI=1S/C19H24N3O6PS2/c1-4-15-28-19(24)18(23)21(6-3)29(25,30-16-5-2)22(14-10-13-20)31(26,27)17-11-8-7-9-12-17/h1,7-9,11-12H,5-6,10,14-16H2,2-3H3. The third-order valence-electron chi connectivity index (χ3n) is 3.78. The summed E-state index contributed by atoms with van der Waals surface area (Å²) in [7, 11) is -4.37. The van der Waals surface area contributed by atoms with Gasteiger partial charge in [0.25, 0.3) is 10.0 Å². The molecule has 0 saturated carbocycles. The molecule has 1 amide bonds. The third kappa shape index (κ3) is 6.59. The number of rotatable bonds is 11. The molecule has 1 atom stereocenters. The van der Waals surface area contributed by atoms with E-state index in [1.807, 2.05) is 12.0 Å². The van der Waals surface area contributed by atoms with Crippen LogP contribution in [0.3, 0.4) is 0 Å². The Morgan fingerprint density at radius 3 is 2.42 bits per heavy atom. The van der Waals surface area contributed by atoms with Crippen LogP contribution in [0.15, 0.2) is 35.2 Å². The van der Waals surface area contributed by atoms with Crippen LogP contribution in [0.5, 0.6) is 0 Å². The van der Waals surface area contributed by atoms with E-state index in [0.29, 0.717) is 15.2 Å². The van der Waals surface area contributed by atoms with Gasteiger partial charge >= 0.3 is 18.5 Å². The first-order chi connectivity index (χ1) is 14.7. The molecule has 0 saturated heterocycles. The maximum absolute atomic E-state index is 14.2. The molecule has 0 heterocycles. The topological polar surface area (TPSA) is 125 Å². The van der Waals surface area contributed by atoms with E-state index in [4.69, 9.17) is 11.7 Å². The molecule has 0 spiro atoms. The maximum Gasteiger partial charge on any atom is 0.398 e. The fourth-order valence-corrected chi connectivity index (χ4v) is 11.2. The monoisotopic (exact) mass is 485 g/mol. The first-order valence-electron chi connectivity index (χ1n) is 9.33. The van der Waals surface area contributed by atoms with Crippen LogP contribution < -0.4 is 0 Å². The highest BCUT2D eigenvalue weighted by Gasteiger charge is 2.48. The molecule has 168 valence electrons. The smallest absolute Gasteiger partial charge is 0.398 e. The highest BCUT2D eigenvalue weighted by atomic mass is 32.7. The summed E-state index contributed by atoms with van der Waals surface area (Å²) < 4.78 is 47.0. The SMILES string of the molecule is C#CCOC(=O)C(=O)N(CC)P(=O)(SCCC)N(CCC#N)S(=O)(=O)c1ccccc1. The van der Waals surface area contributed by atoms with Crippen molar-refractivity contribution in [1.29, 1.82) is 5.26 Å². The summed E-state index contributed by atoms with van der Waals surface area (Å²) in [5.74, 6) is -0.314. The number of hydrogen-bond donors (Lipinski definition) is 0. The number of ether oxygens (including phenoxy) is 1. The van der Waals surface area contributed by atoms with Gasteiger partial charge in [0.15, 0.2) is 6.61 Å². The minimum atomic E-state index is -4.37. The summed E-state index contributed by atoms with van der Waals surface area (Å²) in [5.41, 5.74) is 0. The van der Waals surface area contributed by atoms with Crippen molar-refractivity contribution in [2.45, 2.75) is 31.6 Å². The van der Waals surface area contributed by atoms with Gasteiger partial charge in [-0.15, -0.1) is 10.5 Å². The predicted molar refractivity (Wildman–Crippen MR) is 118 cm³/mol. The van der Waals surface area contributed by atoms with E-state index in [1.54, 1.807) is 13.0 Å². The predicted octanol–water partition coefficient (Wildman–Crippen LogP) is 2.87. The molecule has 0 radical (unpaired) electrons. The first-order valence-corrected chi connectivity index (χ1v) is 14.0. The van der Waals surface area contributed by atoms with E-state index in [-0.39, 0.29) is 23.6 Å². The largest absolute Gasteiger partial charge is 0.445 e. The minimum absolute atomic E-state index is 0.149. The van der Waals surface area contributed by atoms with Crippen molar-refractivity contribution < 1.29 is 27.3 Å². The van der Waals surface area contributed by atoms with Crippen LogP contribution in [0.4, 0.5) is 0 Å². The zero-order valence-electron chi connectivity index (χ0n) is 17.3. The van der Waals surface area contributed by atoms with E-state index in [0.717, 1.165) is 11.4 Å². The third-order valence-corrected chi connectivity index (χ3v) is 12.5. The van der Waals surface area contributed by atoms with Gasteiger partial charge in [0.2, 0.25) is 0 Å². The Hall–Kier alpha value is -2.30. The van der Waals surface area contributed by atoms with Crippen molar-refractivity contribution >= 4 is 39.9 Å². The molecule has 1 unspecified atom stereocenters. The number of sulfonamides is 1. The Kier molecular flexibility index (Phi) is 10.8. The molecule has 0 aliphatic heterocycles. The second-order valence-electron chi connectivity index (χ2n) is 5.90. The molecule has 12 heteroatoms. The number of hydrogen-bond acceptors (Lipinski definition) is 8. The number of likely N-dealkylation sites (N-methyl/N-ethyl adjacent to an activating group) is 1. The molecule has 0 aliphatic carbocycles. The van der Waals surface area contributed by atoms with E-state index < -0.39 is 41.7 Å². The van der Waals surface area contributed by atoms with Gasteiger partial charge in [-0.2, -0.15) is 5.26 Å². The Balaban J connectivity index is 3.60. The lowest BCUT2D eigenvalue weighted by Crippen LogP contribution is -2.41. The summed E-state index contributed by atoms with van der Waals surface area (Å²) in [6.45, 7) is -2.14. The van der Waals surface area contributed by atoms with Crippen molar-refractivity contribution in [2.24, 2.45) is 0 Å². The van der Waals surface area contributed by atoms with E-state index in [1.165, 1.54) is 31.2 Å². The van der Waals surface area contributed by atoms with Gasteiger partial charge in [0, 0.05) is 25.3 Å². The Morgan fingerprint density at radius 1 is 1.26 bits per heavy atom. The van der Waals surface area contributed by atoms with Crippen molar-refractivity contribution in [3.05, 3.63) is 30.3 Å². The maximum atomic E-state index is 14.2. The normalized spacial score (nSPS) is 12.9. The van der Waals surface area contributed by atoms with Crippen LogP contribution in [-0.2, 0) is 28.9 Å². The van der Waals surface area contributed by atoms with Crippen molar-refractivity contribution in [3.63, 3.8) is 0 Å². The number of benzene rings is 1. The van der Waals surface area contributed by atoms with Crippen molar-refractivity contribution in [2.75, 3.05) is 25.4 Å². The molecular formula is C19H24N3O6PS2. The average Bonchev–Trinajstić information content (AvgIpc) is 2.77. The van der Waals surface area contributed by atoms with Crippen LogP contribution in [0.2, 0.25) is 0 Å². The van der Waals surface area contributed by atoms with Gasteiger partial charge in [-0.05, 0) is 25.5 Å². The highest BCUT2D eigenvalue weighted by Crippen LogP contribution is 2.66. The van der Waals surface area contributed by atoms with Crippen LogP contribution >= 0.6 is 18.0 Å². The van der Waals surface area contributed by atoms with Gasteiger partial charge in [-0.1, -0.05) is 42.4 Å². The number of nitriles is 1. The van der Waals surface area contributed by atoms with E-state index in [2.05, 4.69) is 4.74 Å². The summed E-state index contributed by atoms with van der Waals surface area (Å²) >= 11 is 0.756. The lowest BCUT2D eigenvalue weighted by Gasteiger charge is -2.36. The molecule has 0 aromatic heterocycles. The van der Waals surface area contributed by atoms with Gasteiger partial charge in [0.05, 0.1) is 11.0 Å². The summed E-state index contributed by atoms with van der Waals surface area (Å²) in [4.78, 5) is 24.7. The number of nitrogens with zero attached hydrogens (tertiary/aromatic N) is 3. The molecule has 0 bridgehead atoms. The second-order valence-corrected chi connectivity index (χ2v) is 12.8. The molecule has 0 aliphatic rings. The van der Waals surface area contributed by atoms with Crippen molar-refractivity contribution in [1.82, 2.24) is 8.75 Å². The van der Waals surface area contributed by atoms with Crippen molar-refractivity contribution in [3.8, 4) is 18.4 Å². The molecule has 0 fully saturated rings. The summed E-state index contributed by atoms with van der Waals surface area (Å²) in [6, 6.07) is 9.09. The molecule has 1 aromatic rings. The molecule has 9 nitrogen and oxygen atoms in total. The molecule has 1 rings (SSSR count). The molecule has 31 heavy (non-hydrogen) atoms.